The van der Waals surface area contributed by atoms with E-state index in [4.69, 9.17) is 4.74 Å². The fraction of sp³-hybridized carbons (Fsp3) is 0.0455. The van der Waals surface area contributed by atoms with Crippen LogP contribution in [0.15, 0.2) is 77.9 Å². The highest BCUT2D eigenvalue weighted by Gasteiger charge is 2.14. The second-order valence-corrected chi connectivity index (χ2v) is 6.45. The third-order valence-corrected chi connectivity index (χ3v) is 4.24. The number of pyridine rings is 1. The molecule has 7 heteroatoms. The highest BCUT2D eigenvalue weighted by molar-refractivity contribution is 6.03. The first kappa shape index (κ1) is 18.4. The largest absolute Gasteiger partial charge is 0.457 e. The van der Waals surface area contributed by atoms with Crippen LogP contribution < -0.4 is 15.6 Å². The summed E-state index contributed by atoms with van der Waals surface area (Å²) in [6, 6.07) is 15.9. The van der Waals surface area contributed by atoms with E-state index < -0.39 is 17.3 Å². The molecule has 4 aromatic rings. The SMILES string of the molecule is Cc1ccc2ncc(C(=O)Nc3ccc(Oc4cccc(F)c4)cc3)c(=O)n2c1. The van der Waals surface area contributed by atoms with Crippen molar-refractivity contribution in [3.63, 3.8) is 0 Å². The molecule has 144 valence electrons. The number of rotatable bonds is 4. The van der Waals surface area contributed by atoms with Gasteiger partial charge in [-0.2, -0.15) is 0 Å². The molecule has 0 fully saturated rings. The second kappa shape index (κ2) is 7.55. The Labute approximate surface area is 165 Å². The number of carbonyl (C=O) groups is 1. The number of carbonyl (C=O) groups excluding carboxylic acids is 1. The summed E-state index contributed by atoms with van der Waals surface area (Å²) in [7, 11) is 0. The number of nitrogens with one attached hydrogen (secondary N) is 1. The van der Waals surface area contributed by atoms with E-state index in [1.165, 1.54) is 22.7 Å². The molecule has 0 saturated heterocycles. The molecule has 0 unspecified atom stereocenters. The monoisotopic (exact) mass is 389 g/mol. The van der Waals surface area contributed by atoms with Crippen LogP contribution in [-0.4, -0.2) is 15.3 Å². The van der Waals surface area contributed by atoms with Gasteiger partial charge in [0.1, 0.15) is 28.5 Å². The van der Waals surface area contributed by atoms with E-state index in [1.807, 2.05) is 13.0 Å². The number of hydrogen-bond acceptors (Lipinski definition) is 4. The predicted octanol–water partition coefficient (Wildman–Crippen LogP) is 4.19. The number of fused-ring (bicyclic) bond motifs is 1. The Hall–Kier alpha value is -4.00. The zero-order valence-electron chi connectivity index (χ0n) is 15.4. The zero-order chi connectivity index (χ0) is 20.4. The van der Waals surface area contributed by atoms with Crippen molar-refractivity contribution >= 4 is 17.2 Å². The van der Waals surface area contributed by atoms with Gasteiger partial charge in [0.25, 0.3) is 11.5 Å². The molecule has 0 saturated carbocycles. The fourth-order valence-electron chi connectivity index (χ4n) is 2.81. The molecule has 6 nitrogen and oxygen atoms in total. The molecule has 1 amide bonds. The van der Waals surface area contributed by atoms with Crippen LogP contribution in [0.2, 0.25) is 0 Å². The molecule has 4 rings (SSSR count). The smallest absolute Gasteiger partial charge is 0.270 e. The number of hydrogen-bond donors (Lipinski definition) is 1. The minimum Gasteiger partial charge on any atom is -0.457 e. The van der Waals surface area contributed by atoms with Crippen molar-refractivity contribution in [2.75, 3.05) is 5.32 Å². The first-order valence-corrected chi connectivity index (χ1v) is 8.82. The topological polar surface area (TPSA) is 72.7 Å². The first-order valence-electron chi connectivity index (χ1n) is 8.82. The molecular formula is C22H16FN3O3. The highest BCUT2D eigenvalue weighted by atomic mass is 19.1. The average Bonchev–Trinajstić information content (AvgIpc) is 2.70. The van der Waals surface area contributed by atoms with E-state index in [9.17, 15) is 14.0 Å². The van der Waals surface area contributed by atoms with Crippen LogP contribution in [0.1, 0.15) is 15.9 Å². The number of aromatic nitrogens is 2. The normalized spacial score (nSPS) is 10.7. The summed E-state index contributed by atoms with van der Waals surface area (Å²) in [6.45, 7) is 1.85. The Morgan fingerprint density at radius 2 is 1.86 bits per heavy atom. The summed E-state index contributed by atoms with van der Waals surface area (Å²) in [4.78, 5) is 29.3. The van der Waals surface area contributed by atoms with Crippen molar-refractivity contribution in [2.24, 2.45) is 0 Å². The molecule has 2 aromatic heterocycles. The van der Waals surface area contributed by atoms with E-state index in [0.29, 0.717) is 22.8 Å². The van der Waals surface area contributed by atoms with E-state index in [-0.39, 0.29) is 5.56 Å². The van der Waals surface area contributed by atoms with Gasteiger partial charge >= 0.3 is 0 Å². The van der Waals surface area contributed by atoms with Crippen LogP contribution in [0, 0.1) is 12.7 Å². The Balaban J connectivity index is 1.52. The van der Waals surface area contributed by atoms with Crippen molar-refractivity contribution in [2.45, 2.75) is 6.92 Å². The number of ether oxygens (including phenoxy) is 1. The van der Waals surface area contributed by atoms with Crippen molar-refractivity contribution < 1.29 is 13.9 Å². The number of benzene rings is 2. The van der Waals surface area contributed by atoms with Crippen LogP contribution >= 0.6 is 0 Å². The molecule has 0 radical (unpaired) electrons. The summed E-state index contributed by atoms with van der Waals surface area (Å²) < 4.78 is 20.1. The molecule has 0 aliphatic heterocycles. The van der Waals surface area contributed by atoms with Crippen LogP contribution in [0.3, 0.4) is 0 Å². The number of amides is 1. The van der Waals surface area contributed by atoms with Gasteiger partial charge in [-0.15, -0.1) is 0 Å². The zero-order valence-corrected chi connectivity index (χ0v) is 15.4. The summed E-state index contributed by atoms with van der Waals surface area (Å²) >= 11 is 0. The minimum atomic E-state index is -0.558. The Bertz CT molecular complexity index is 1270. The molecule has 0 aliphatic carbocycles. The number of halogens is 1. The lowest BCUT2D eigenvalue weighted by Gasteiger charge is -2.09. The Kier molecular flexibility index (Phi) is 4.78. The second-order valence-electron chi connectivity index (χ2n) is 6.45. The lowest BCUT2D eigenvalue weighted by molar-refractivity contribution is 0.102. The van der Waals surface area contributed by atoms with Crippen molar-refractivity contribution in [1.82, 2.24) is 9.38 Å². The van der Waals surface area contributed by atoms with E-state index in [2.05, 4.69) is 10.3 Å². The predicted molar refractivity (Wildman–Crippen MR) is 107 cm³/mol. The third-order valence-electron chi connectivity index (χ3n) is 4.24. The van der Waals surface area contributed by atoms with Gasteiger partial charge < -0.3 is 10.1 Å². The fourth-order valence-corrected chi connectivity index (χ4v) is 2.81. The molecule has 0 spiro atoms. The van der Waals surface area contributed by atoms with Crippen LogP contribution in [0.5, 0.6) is 11.5 Å². The van der Waals surface area contributed by atoms with Gasteiger partial charge in [-0.1, -0.05) is 12.1 Å². The van der Waals surface area contributed by atoms with Gasteiger partial charge in [-0.05, 0) is 55.0 Å². The minimum absolute atomic E-state index is 0.0619. The Morgan fingerprint density at radius 1 is 1.07 bits per heavy atom. The van der Waals surface area contributed by atoms with Crippen LogP contribution in [-0.2, 0) is 0 Å². The molecule has 1 N–H and O–H groups in total. The van der Waals surface area contributed by atoms with E-state index >= 15 is 0 Å². The van der Waals surface area contributed by atoms with Gasteiger partial charge in [-0.3, -0.25) is 14.0 Å². The van der Waals surface area contributed by atoms with Gasteiger partial charge in [0.2, 0.25) is 0 Å². The average molecular weight is 389 g/mol. The van der Waals surface area contributed by atoms with E-state index in [0.717, 1.165) is 5.56 Å². The summed E-state index contributed by atoms with van der Waals surface area (Å²) in [6.07, 6.45) is 2.91. The molecule has 0 atom stereocenters. The van der Waals surface area contributed by atoms with Gasteiger partial charge in [0.05, 0.1) is 0 Å². The standard InChI is InChI=1S/C22H16FN3O3/c1-14-5-10-20-24-12-19(22(28)26(20)13-14)21(27)25-16-6-8-17(9-7-16)29-18-4-2-3-15(23)11-18/h2-13H,1H3,(H,25,27). The Morgan fingerprint density at radius 3 is 2.62 bits per heavy atom. The number of anilines is 1. The molecule has 2 aromatic carbocycles. The highest BCUT2D eigenvalue weighted by Crippen LogP contribution is 2.23. The lowest BCUT2D eigenvalue weighted by Crippen LogP contribution is -2.26. The summed E-state index contributed by atoms with van der Waals surface area (Å²) in [5.41, 5.74) is 1.33. The maximum absolute atomic E-state index is 13.2. The van der Waals surface area contributed by atoms with E-state index in [1.54, 1.807) is 48.7 Å². The number of nitrogens with zero attached hydrogens (tertiary/aromatic N) is 2. The summed E-state index contributed by atoms with van der Waals surface area (Å²) in [5.74, 6) is -0.0992. The van der Waals surface area contributed by atoms with Crippen LogP contribution in [0.25, 0.3) is 5.65 Å². The number of aryl methyl sites for hydroxylation is 1. The molecule has 0 bridgehead atoms. The maximum Gasteiger partial charge on any atom is 0.270 e. The quantitative estimate of drug-likeness (QED) is 0.568. The van der Waals surface area contributed by atoms with Gasteiger partial charge in [-0.25, -0.2) is 9.37 Å². The van der Waals surface area contributed by atoms with Crippen LogP contribution in [0.4, 0.5) is 10.1 Å². The summed E-state index contributed by atoms with van der Waals surface area (Å²) in [5, 5.41) is 2.67. The van der Waals surface area contributed by atoms with Gasteiger partial charge in [0, 0.05) is 24.1 Å². The maximum atomic E-state index is 13.2. The van der Waals surface area contributed by atoms with Crippen molar-refractivity contribution in [3.8, 4) is 11.5 Å². The lowest BCUT2D eigenvalue weighted by atomic mass is 10.2. The molecule has 2 heterocycles. The molecule has 0 aliphatic rings. The third kappa shape index (κ3) is 3.98. The molecule has 29 heavy (non-hydrogen) atoms. The molecular weight excluding hydrogens is 373 g/mol. The van der Waals surface area contributed by atoms with Crippen molar-refractivity contribution in [1.29, 1.82) is 0 Å². The van der Waals surface area contributed by atoms with Crippen molar-refractivity contribution in [3.05, 3.63) is 100 Å². The first-order chi connectivity index (χ1) is 14.0. The van der Waals surface area contributed by atoms with Gasteiger partial charge in [0.15, 0.2) is 0 Å².